The molecule has 2 N–H and O–H groups in total. The van der Waals surface area contributed by atoms with Gasteiger partial charge in [0, 0.05) is 24.3 Å². The fourth-order valence-corrected chi connectivity index (χ4v) is 1.47. The molecule has 0 aliphatic rings. The molecule has 0 saturated carbocycles. The fourth-order valence-electron chi connectivity index (χ4n) is 1.47. The van der Waals surface area contributed by atoms with E-state index in [1.165, 1.54) is 26.4 Å². The summed E-state index contributed by atoms with van der Waals surface area (Å²) in [5, 5.41) is 18.2. The maximum absolute atomic E-state index is 9.40. The Morgan fingerprint density at radius 1 is 1.13 bits per heavy atom. The Kier molecular flexibility index (Phi) is 4.24. The largest absolute Gasteiger partial charge is 0.508 e. The van der Waals surface area contributed by atoms with Crippen LogP contribution in [0.15, 0.2) is 12.1 Å². The highest BCUT2D eigenvalue weighted by atomic mass is 16.5. The molecule has 0 spiro atoms. The molecule has 0 aliphatic heterocycles. The topological polar surface area (TPSA) is 58.9 Å². The van der Waals surface area contributed by atoms with Gasteiger partial charge in [0.25, 0.3) is 0 Å². The van der Waals surface area contributed by atoms with Crippen molar-refractivity contribution in [1.29, 1.82) is 0 Å². The van der Waals surface area contributed by atoms with Crippen molar-refractivity contribution in [2.24, 2.45) is 0 Å². The van der Waals surface area contributed by atoms with Gasteiger partial charge in [-0.3, -0.25) is 0 Å². The lowest BCUT2D eigenvalue weighted by Crippen LogP contribution is -1.98. The normalized spacial score (nSPS) is 10.1. The summed E-state index contributed by atoms with van der Waals surface area (Å²) in [5.41, 5.74) is 0.867. The number of benzene rings is 1. The lowest BCUT2D eigenvalue weighted by atomic mass is 10.1. The average Bonchev–Trinajstić information content (AvgIpc) is 2.26. The van der Waals surface area contributed by atoms with Gasteiger partial charge in [-0.05, 0) is 12.8 Å². The van der Waals surface area contributed by atoms with Crippen molar-refractivity contribution in [2.45, 2.75) is 12.8 Å². The maximum atomic E-state index is 9.40. The number of hydrogen-bond acceptors (Lipinski definition) is 4. The number of rotatable bonds is 5. The molecule has 1 rings (SSSR count). The number of methoxy groups -OCH3 is 2. The zero-order valence-corrected chi connectivity index (χ0v) is 8.99. The Labute approximate surface area is 89.1 Å². The Bertz CT molecular complexity index is 297. The van der Waals surface area contributed by atoms with Crippen molar-refractivity contribution in [2.75, 3.05) is 20.8 Å². The van der Waals surface area contributed by atoms with Crippen molar-refractivity contribution < 1.29 is 19.7 Å². The minimum atomic E-state index is 0.108. The zero-order chi connectivity index (χ0) is 11.3. The van der Waals surface area contributed by atoms with Gasteiger partial charge in [0.15, 0.2) is 0 Å². The Morgan fingerprint density at radius 3 is 2.07 bits per heavy atom. The van der Waals surface area contributed by atoms with E-state index < -0.39 is 0 Å². The number of aliphatic hydroxyl groups is 1. The summed E-state index contributed by atoms with van der Waals surface area (Å²) in [7, 11) is 3.08. The highest BCUT2D eigenvalue weighted by Gasteiger charge is 2.11. The highest BCUT2D eigenvalue weighted by Crippen LogP contribution is 2.34. The van der Waals surface area contributed by atoms with E-state index in [9.17, 15) is 5.11 Å². The summed E-state index contributed by atoms with van der Waals surface area (Å²) >= 11 is 0. The van der Waals surface area contributed by atoms with Crippen LogP contribution in [0.5, 0.6) is 17.2 Å². The number of ether oxygens (including phenoxy) is 2. The van der Waals surface area contributed by atoms with E-state index in [-0.39, 0.29) is 12.4 Å². The van der Waals surface area contributed by atoms with E-state index in [4.69, 9.17) is 14.6 Å². The molecule has 0 unspecified atom stereocenters. The van der Waals surface area contributed by atoms with Crippen LogP contribution in [-0.4, -0.2) is 31.0 Å². The fraction of sp³-hybridized carbons (Fsp3) is 0.455. The van der Waals surface area contributed by atoms with Gasteiger partial charge in [0.2, 0.25) is 0 Å². The van der Waals surface area contributed by atoms with Gasteiger partial charge in [0.05, 0.1) is 14.2 Å². The molecule has 0 atom stereocenters. The number of phenolic OH excluding ortho intramolecular Hbond substituents is 1. The van der Waals surface area contributed by atoms with Crippen LogP contribution in [0, 0.1) is 0 Å². The molecule has 4 heteroatoms. The SMILES string of the molecule is COc1cc(O)cc(OC)c1CCCO. The van der Waals surface area contributed by atoms with Crippen molar-refractivity contribution in [1.82, 2.24) is 0 Å². The van der Waals surface area contributed by atoms with Crippen LogP contribution in [0.4, 0.5) is 0 Å². The number of hydrogen-bond donors (Lipinski definition) is 2. The summed E-state index contributed by atoms with van der Waals surface area (Å²) in [4.78, 5) is 0. The van der Waals surface area contributed by atoms with E-state index in [2.05, 4.69) is 0 Å². The molecule has 84 valence electrons. The standard InChI is InChI=1S/C11H16O4/c1-14-10-6-8(13)7-11(15-2)9(10)4-3-5-12/h6-7,12-13H,3-5H2,1-2H3. The monoisotopic (exact) mass is 212 g/mol. The minimum Gasteiger partial charge on any atom is -0.508 e. The summed E-state index contributed by atoms with van der Waals surface area (Å²) in [5.74, 6) is 1.28. The van der Waals surface area contributed by atoms with Crippen molar-refractivity contribution >= 4 is 0 Å². The molecule has 0 saturated heterocycles. The molecule has 4 nitrogen and oxygen atoms in total. The molecule has 0 radical (unpaired) electrons. The third-order valence-corrected chi connectivity index (χ3v) is 2.18. The second-order valence-corrected chi connectivity index (χ2v) is 3.16. The Morgan fingerprint density at radius 2 is 1.67 bits per heavy atom. The van der Waals surface area contributed by atoms with Gasteiger partial charge < -0.3 is 19.7 Å². The molecule has 0 amide bonds. The molecule has 1 aromatic rings. The van der Waals surface area contributed by atoms with Gasteiger partial charge in [-0.1, -0.05) is 0 Å². The molecule has 0 bridgehead atoms. The highest BCUT2D eigenvalue weighted by molar-refractivity contribution is 5.50. The second-order valence-electron chi connectivity index (χ2n) is 3.16. The number of aliphatic hydroxyl groups excluding tert-OH is 1. The molecule has 1 aromatic carbocycles. The summed E-state index contributed by atoms with van der Waals surface area (Å²) in [6.07, 6.45) is 1.29. The van der Waals surface area contributed by atoms with Crippen LogP contribution in [0.3, 0.4) is 0 Å². The van der Waals surface area contributed by atoms with Crippen LogP contribution in [-0.2, 0) is 6.42 Å². The molecular weight excluding hydrogens is 196 g/mol. The van der Waals surface area contributed by atoms with E-state index in [0.29, 0.717) is 24.3 Å². The molecule has 0 fully saturated rings. The van der Waals surface area contributed by atoms with E-state index in [0.717, 1.165) is 5.56 Å². The van der Waals surface area contributed by atoms with Crippen molar-refractivity contribution in [3.05, 3.63) is 17.7 Å². The predicted molar refractivity (Wildman–Crippen MR) is 56.6 cm³/mol. The molecular formula is C11H16O4. The first kappa shape index (κ1) is 11.7. The maximum Gasteiger partial charge on any atom is 0.129 e. The molecule has 15 heavy (non-hydrogen) atoms. The number of phenols is 1. The Hall–Kier alpha value is -1.42. The van der Waals surface area contributed by atoms with Crippen LogP contribution in [0.25, 0.3) is 0 Å². The zero-order valence-electron chi connectivity index (χ0n) is 8.99. The molecule has 0 aromatic heterocycles. The minimum absolute atomic E-state index is 0.108. The third kappa shape index (κ3) is 2.76. The second kappa shape index (κ2) is 5.46. The quantitative estimate of drug-likeness (QED) is 0.773. The van der Waals surface area contributed by atoms with Crippen molar-refractivity contribution in [3.8, 4) is 17.2 Å². The molecule has 0 heterocycles. The number of aromatic hydroxyl groups is 1. The first-order valence-corrected chi connectivity index (χ1v) is 4.77. The third-order valence-electron chi connectivity index (χ3n) is 2.18. The Balaban J connectivity index is 3.06. The predicted octanol–water partition coefficient (Wildman–Crippen LogP) is 1.33. The van der Waals surface area contributed by atoms with Crippen LogP contribution < -0.4 is 9.47 Å². The van der Waals surface area contributed by atoms with Crippen LogP contribution in [0.1, 0.15) is 12.0 Å². The summed E-state index contributed by atoms with van der Waals surface area (Å²) in [6, 6.07) is 3.07. The van der Waals surface area contributed by atoms with E-state index in [1.54, 1.807) is 0 Å². The van der Waals surface area contributed by atoms with Crippen LogP contribution >= 0.6 is 0 Å². The van der Waals surface area contributed by atoms with Gasteiger partial charge in [0.1, 0.15) is 17.2 Å². The van der Waals surface area contributed by atoms with Gasteiger partial charge in [-0.15, -0.1) is 0 Å². The lowest BCUT2D eigenvalue weighted by Gasteiger charge is -2.13. The first-order valence-electron chi connectivity index (χ1n) is 4.77. The summed E-state index contributed by atoms with van der Waals surface area (Å²) < 4.78 is 10.3. The van der Waals surface area contributed by atoms with Gasteiger partial charge >= 0.3 is 0 Å². The van der Waals surface area contributed by atoms with E-state index in [1.807, 2.05) is 0 Å². The molecule has 0 aliphatic carbocycles. The lowest BCUT2D eigenvalue weighted by molar-refractivity contribution is 0.286. The van der Waals surface area contributed by atoms with Gasteiger partial charge in [-0.25, -0.2) is 0 Å². The smallest absolute Gasteiger partial charge is 0.129 e. The van der Waals surface area contributed by atoms with E-state index >= 15 is 0 Å². The van der Waals surface area contributed by atoms with Gasteiger partial charge in [-0.2, -0.15) is 0 Å². The van der Waals surface area contributed by atoms with Crippen molar-refractivity contribution in [3.63, 3.8) is 0 Å². The van der Waals surface area contributed by atoms with Crippen LogP contribution in [0.2, 0.25) is 0 Å². The average molecular weight is 212 g/mol. The summed E-state index contributed by atoms with van der Waals surface area (Å²) in [6.45, 7) is 0.118. The first-order chi connectivity index (χ1) is 7.22.